The standard InChI is InChI=1S/C15H29N3O2/c1-2-13-3-6-17(7-4-13)9-11-20-12-10-18-8-5-14(18)15(16)19/h13-14H,2-12H2,1H3,(H2,16,19)/t14-/m1/s1. The monoisotopic (exact) mass is 283 g/mol. The Morgan fingerprint density at radius 3 is 2.40 bits per heavy atom. The zero-order valence-corrected chi connectivity index (χ0v) is 12.7. The van der Waals surface area contributed by atoms with Gasteiger partial charge in [-0.1, -0.05) is 13.3 Å². The number of primary amides is 1. The van der Waals surface area contributed by atoms with Gasteiger partial charge in [-0.05, 0) is 38.3 Å². The zero-order chi connectivity index (χ0) is 14.4. The minimum atomic E-state index is -0.199. The van der Waals surface area contributed by atoms with Crippen LogP contribution in [0.4, 0.5) is 0 Å². The third kappa shape index (κ3) is 4.43. The van der Waals surface area contributed by atoms with Gasteiger partial charge in [-0.2, -0.15) is 0 Å². The minimum absolute atomic E-state index is 0.0494. The van der Waals surface area contributed by atoms with Crippen molar-refractivity contribution in [3.63, 3.8) is 0 Å². The van der Waals surface area contributed by atoms with Crippen LogP contribution in [0.25, 0.3) is 0 Å². The van der Waals surface area contributed by atoms with Crippen molar-refractivity contribution in [2.45, 2.75) is 38.6 Å². The molecule has 1 amide bonds. The van der Waals surface area contributed by atoms with Gasteiger partial charge in [0.25, 0.3) is 0 Å². The van der Waals surface area contributed by atoms with Crippen LogP contribution in [0.2, 0.25) is 0 Å². The highest BCUT2D eigenvalue weighted by molar-refractivity contribution is 5.80. The molecular formula is C15H29N3O2. The first-order valence-electron chi connectivity index (χ1n) is 8.04. The van der Waals surface area contributed by atoms with Crippen molar-refractivity contribution >= 4 is 5.91 Å². The fourth-order valence-electron chi connectivity index (χ4n) is 3.13. The summed E-state index contributed by atoms with van der Waals surface area (Å²) >= 11 is 0. The molecule has 2 N–H and O–H groups in total. The van der Waals surface area contributed by atoms with Gasteiger partial charge in [-0.3, -0.25) is 9.69 Å². The summed E-state index contributed by atoms with van der Waals surface area (Å²) in [7, 11) is 0. The number of nitrogens with zero attached hydrogens (tertiary/aromatic N) is 2. The molecule has 0 bridgehead atoms. The van der Waals surface area contributed by atoms with Crippen LogP contribution in [0, 0.1) is 5.92 Å². The number of nitrogens with two attached hydrogens (primary N) is 1. The lowest BCUT2D eigenvalue weighted by Crippen LogP contribution is -2.55. The summed E-state index contributed by atoms with van der Waals surface area (Å²) in [6.45, 7) is 9.07. The van der Waals surface area contributed by atoms with Crippen LogP contribution in [0.1, 0.15) is 32.6 Å². The first-order valence-corrected chi connectivity index (χ1v) is 8.04. The Bertz CT molecular complexity index is 303. The van der Waals surface area contributed by atoms with Gasteiger partial charge in [0, 0.05) is 19.6 Å². The van der Waals surface area contributed by atoms with Crippen molar-refractivity contribution in [2.75, 3.05) is 45.9 Å². The van der Waals surface area contributed by atoms with E-state index in [1.165, 1.54) is 32.4 Å². The third-order valence-electron chi connectivity index (χ3n) is 4.82. The molecule has 5 nitrogen and oxygen atoms in total. The number of rotatable bonds is 8. The number of ether oxygens (including phenoxy) is 1. The van der Waals surface area contributed by atoms with Crippen molar-refractivity contribution < 1.29 is 9.53 Å². The average Bonchev–Trinajstić information content (AvgIpc) is 2.41. The molecule has 2 saturated heterocycles. The predicted molar refractivity (Wildman–Crippen MR) is 79.4 cm³/mol. The molecule has 0 aromatic heterocycles. The second-order valence-electron chi connectivity index (χ2n) is 6.05. The molecule has 2 aliphatic rings. The summed E-state index contributed by atoms with van der Waals surface area (Å²) in [4.78, 5) is 15.7. The largest absolute Gasteiger partial charge is 0.379 e. The smallest absolute Gasteiger partial charge is 0.234 e. The van der Waals surface area contributed by atoms with E-state index in [4.69, 9.17) is 10.5 Å². The van der Waals surface area contributed by atoms with E-state index >= 15 is 0 Å². The second-order valence-corrected chi connectivity index (χ2v) is 6.05. The number of piperidine rings is 1. The minimum Gasteiger partial charge on any atom is -0.379 e. The van der Waals surface area contributed by atoms with Crippen molar-refractivity contribution in [2.24, 2.45) is 11.7 Å². The second kappa shape index (κ2) is 7.96. The van der Waals surface area contributed by atoms with Gasteiger partial charge in [-0.25, -0.2) is 0 Å². The van der Waals surface area contributed by atoms with E-state index in [0.29, 0.717) is 6.61 Å². The Hall–Kier alpha value is -0.650. The molecule has 0 spiro atoms. The van der Waals surface area contributed by atoms with Gasteiger partial charge in [0.15, 0.2) is 0 Å². The van der Waals surface area contributed by atoms with Crippen molar-refractivity contribution in [3.8, 4) is 0 Å². The van der Waals surface area contributed by atoms with Gasteiger partial charge < -0.3 is 15.4 Å². The molecule has 20 heavy (non-hydrogen) atoms. The molecule has 5 heteroatoms. The van der Waals surface area contributed by atoms with Gasteiger partial charge in [0.05, 0.1) is 19.3 Å². The van der Waals surface area contributed by atoms with Crippen LogP contribution >= 0.6 is 0 Å². The fourth-order valence-corrected chi connectivity index (χ4v) is 3.13. The van der Waals surface area contributed by atoms with Gasteiger partial charge >= 0.3 is 0 Å². The molecule has 0 unspecified atom stereocenters. The van der Waals surface area contributed by atoms with Crippen LogP contribution in [0.5, 0.6) is 0 Å². The molecule has 0 saturated carbocycles. The van der Waals surface area contributed by atoms with Crippen molar-refractivity contribution in [1.82, 2.24) is 9.80 Å². The maximum atomic E-state index is 11.1. The Balaban J connectivity index is 1.47. The number of carbonyl (C=O) groups excluding carboxylic acids is 1. The first kappa shape index (κ1) is 15.7. The summed E-state index contributed by atoms with van der Waals surface area (Å²) < 4.78 is 5.69. The lowest BCUT2D eigenvalue weighted by Gasteiger charge is -2.38. The Morgan fingerprint density at radius 1 is 1.15 bits per heavy atom. The maximum Gasteiger partial charge on any atom is 0.234 e. The van der Waals surface area contributed by atoms with Crippen molar-refractivity contribution in [3.05, 3.63) is 0 Å². The molecule has 116 valence electrons. The van der Waals surface area contributed by atoms with Crippen LogP contribution < -0.4 is 5.73 Å². The van der Waals surface area contributed by atoms with Crippen LogP contribution in [-0.4, -0.2) is 67.7 Å². The van der Waals surface area contributed by atoms with Gasteiger partial charge in [0.1, 0.15) is 0 Å². The van der Waals surface area contributed by atoms with Gasteiger partial charge in [0.2, 0.25) is 5.91 Å². The molecule has 0 aromatic rings. The fraction of sp³-hybridized carbons (Fsp3) is 0.933. The van der Waals surface area contributed by atoms with Crippen LogP contribution in [0.3, 0.4) is 0 Å². The normalized spacial score (nSPS) is 25.6. The number of amides is 1. The number of hydrogen-bond donors (Lipinski definition) is 1. The zero-order valence-electron chi connectivity index (χ0n) is 12.7. The molecule has 1 atom stereocenters. The molecule has 0 aliphatic carbocycles. The van der Waals surface area contributed by atoms with E-state index in [-0.39, 0.29) is 11.9 Å². The van der Waals surface area contributed by atoms with Gasteiger partial charge in [-0.15, -0.1) is 0 Å². The average molecular weight is 283 g/mol. The van der Waals surface area contributed by atoms with Crippen molar-refractivity contribution in [1.29, 1.82) is 0 Å². The predicted octanol–water partition coefficient (Wildman–Crippen LogP) is 0.685. The maximum absolute atomic E-state index is 11.1. The Morgan fingerprint density at radius 2 is 1.85 bits per heavy atom. The molecule has 2 heterocycles. The lowest BCUT2D eigenvalue weighted by molar-refractivity contribution is -0.128. The summed E-state index contributed by atoms with van der Waals surface area (Å²) in [5, 5.41) is 0. The summed E-state index contributed by atoms with van der Waals surface area (Å²) in [5.41, 5.74) is 5.31. The summed E-state index contributed by atoms with van der Waals surface area (Å²) in [6.07, 6.45) is 4.90. The highest BCUT2D eigenvalue weighted by Crippen LogP contribution is 2.19. The molecule has 2 fully saturated rings. The van der Waals surface area contributed by atoms with Crippen LogP contribution in [0.15, 0.2) is 0 Å². The Kier molecular flexibility index (Phi) is 6.26. The molecule has 2 aliphatic heterocycles. The third-order valence-corrected chi connectivity index (χ3v) is 4.82. The molecular weight excluding hydrogens is 254 g/mol. The van der Waals surface area contributed by atoms with E-state index in [9.17, 15) is 4.79 Å². The SMILES string of the molecule is CCC1CCN(CCOCCN2CC[C@@H]2C(N)=O)CC1. The number of likely N-dealkylation sites (tertiary alicyclic amines) is 2. The summed E-state index contributed by atoms with van der Waals surface area (Å²) in [5.74, 6) is 0.736. The van der Waals surface area contributed by atoms with E-state index in [2.05, 4.69) is 16.7 Å². The van der Waals surface area contributed by atoms with E-state index in [0.717, 1.165) is 38.6 Å². The molecule has 0 radical (unpaired) electrons. The highest BCUT2D eigenvalue weighted by Gasteiger charge is 2.31. The molecule has 0 aromatic carbocycles. The Labute approximate surface area is 122 Å². The summed E-state index contributed by atoms with van der Waals surface area (Å²) in [6, 6.07) is -0.0494. The quantitative estimate of drug-likeness (QED) is 0.666. The number of hydrogen-bond acceptors (Lipinski definition) is 4. The van der Waals surface area contributed by atoms with Crippen LogP contribution in [-0.2, 0) is 9.53 Å². The van der Waals surface area contributed by atoms with E-state index < -0.39 is 0 Å². The lowest BCUT2D eigenvalue weighted by atomic mass is 9.94. The topological polar surface area (TPSA) is 58.8 Å². The van der Waals surface area contributed by atoms with E-state index in [1.807, 2.05) is 0 Å². The van der Waals surface area contributed by atoms with E-state index in [1.54, 1.807) is 0 Å². The first-order chi connectivity index (χ1) is 9.70. The highest BCUT2D eigenvalue weighted by atomic mass is 16.5. The molecule has 2 rings (SSSR count). The number of carbonyl (C=O) groups is 1.